The van der Waals surface area contributed by atoms with Crippen LogP contribution in [-0.4, -0.2) is 17.7 Å². The first-order valence-electron chi connectivity index (χ1n) is 4.98. The molecule has 0 bridgehead atoms. The van der Waals surface area contributed by atoms with Crippen LogP contribution in [0.15, 0.2) is 18.2 Å². The van der Waals surface area contributed by atoms with Gasteiger partial charge in [0.1, 0.15) is 0 Å². The first kappa shape index (κ1) is 11.7. The summed E-state index contributed by atoms with van der Waals surface area (Å²) < 4.78 is 5.23. The van der Waals surface area contributed by atoms with E-state index in [1.54, 1.807) is 13.0 Å². The number of hydrogen-bond donors (Lipinski definition) is 1. The molecular weight excluding hydrogens is 192 g/mol. The minimum atomic E-state index is -0.939. The minimum absolute atomic E-state index is 0.393. The molecule has 1 N–H and O–H groups in total. The van der Waals surface area contributed by atoms with E-state index in [0.717, 1.165) is 16.7 Å². The van der Waals surface area contributed by atoms with Gasteiger partial charge in [0, 0.05) is 6.61 Å². The molecule has 3 heteroatoms. The second-order valence-electron chi connectivity index (χ2n) is 3.46. The lowest BCUT2D eigenvalue weighted by Crippen LogP contribution is -2.16. The second kappa shape index (κ2) is 4.94. The summed E-state index contributed by atoms with van der Waals surface area (Å²) in [5.41, 5.74) is 2.81. The molecule has 0 heterocycles. The van der Waals surface area contributed by atoms with Crippen LogP contribution in [0.5, 0.6) is 0 Å². The molecule has 1 atom stereocenters. The Balaban J connectivity index is 3.11. The molecule has 0 spiro atoms. The molecule has 1 rings (SSSR count). The van der Waals surface area contributed by atoms with Crippen LogP contribution in [0, 0.1) is 13.8 Å². The van der Waals surface area contributed by atoms with Crippen molar-refractivity contribution in [3.63, 3.8) is 0 Å². The van der Waals surface area contributed by atoms with Crippen LogP contribution in [0.2, 0.25) is 0 Å². The topological polar surface area (TPSA) is 46.5 Å². The summed E-state index contributed by atoms with van der Waals surface area (Å²) in [6, 6.07) is 5.62. The van der Waals surface area contributed by atoms with Gasteiger partial charge in [-0.3, -0.25) is 0 Å². The monoisotopic (exact) mass is 208 g/mol. The first-order valence-corrected chi connectivity index (χ1v) is 4.98. The molecule has 0 saturated heterocycles. The molecule has 0 amide bonds. The summed E-state index contributed by atoms with van der Waals surface area (Å²) in [6.07, 6.45) is -0.852. The number of carbonyl (C=O) groups is 1. The normalized spacial score (nSPS) is 12.5. The van der Waals surface area contributed by atoms with Crippen molar-refractivity contribution < 1.29 is 14.6 Å². The number of aliphatic carboxylic acids is 1. The van der Waals surface area contributed by atoms with E-state index in [9.17, 15) is 4.79 Å². The minimum Gasteiger partial charge on any atom is -0.479 e. The fraction of sp³-hybridized carbons (Fsp3) is 0.417. The third kappa shape index (κ3) is 2.57. The van der Waals surface area contributed by atoms with Crippen molar-refractivity contribution in [2.24, 2.45) is 0 Å². The number of ether oxygens (including phenoxy) is 1. The molecule has 1 unspecified atom stereocenters. The van der Waals surface area contributed by atoms with Crippen molar-refractivity contribution in [2.75, 3.05) is 6.61 Å². The van der Waals surface area contributed by atoms with Crippen LogP contribution >= 0.6 is 0 Å². The van der Waals surface area contributed by atoms with E-state index in [4.69, 9.17) is 9.84 Å². The average molecular weight is 208 g/mol. The Labute approximate surface area is 89.7 Å². The molecule has 0 aliphatic rings. The number of carboxylic acid groups (broad SMARTS) is 1. The molecule has 1 aromatic rings. The Morgan fingerprint density at radius 1 is 1.47 bits per heavy atom. The van der Waals surface area contributed by atoms with Gasteiger partial charge in [-0.1, -0.05) is 18.2 Å². The van der Waals surface area contributed by atoms with Crippen LogP contribution in [0.4, 0.5) is 0 Å². The Morgan fingerprint density at radius 3 is 2.67 bits per heavy atom. The van der Waals surface area contributed by atoms with Crippen LogP contribution in [-0.2, 0) is 9.53 Å². The summed E-state index contributed by atoms with van der Waals surface area (Å²) in [6.45, 7) is 6.06. The number of benzene rings is 1. The number of rotatable bonds is 4. The summed E-state index contributed by atoms with van der Waals surface area (Å²) in [4.78, 5) is 11.0. The highest BCUT2D eigenvalue weighted by molar-refractivity contribution is 5.75. The number of carboxylic acids is 1. The van der Waals surface area contributed by atoms with E-state index in [1.165, 1.54) is 0 Å². The lowest BCUT2D eigenvalue weighted by atomic mass is 9.99. The van der Waals surface area contributed by atoms with Gasteiger partial charge in [-0.2, -0.15) is 0 Å². The quantitative estimate of drug-likeness (QED) is 0.826. The first-order chi connectivity index (χ1) is 7.07. The molecule has 0 radical (unpaired) electrons. The Morgan fingerprint density at radius 2 is 2.13 bits per heavy atom. The Kier molecular flexibility index (Phi) is 3.86. The Hall–Kier alpha value is -1.35. The van der Waals surface area contributed by atoms with Gasteiger partial charge >= 0.3 is 5.97 Å². The van der Waals surface area contributed by atoms with Crippen LogP contribution in [0.1, 0.15) is 29.7 Å². The van der Waals surface area contributed by atoms with Crippen LogP contribution < -0.4 is 0 Å². The van der Waals surface area contributed by atoms with Gasteiger partial charge in [0.05, 0.1) is 0 Å². The molecule has 3 nitrogen and oxygen atoms in total. The maximum Gasteiger partial charge on any atom is 0.337 e. The fourth-order valence-electron chi connectivity index (χ4n) is 1.52. The number of hydrogen-bond acceptors (Lipinski definition) is 2. The summed E-state index contributed by atoms with van der Waals surface area (Å²) >= 11 is 0. The maximum absolute atomic E-state index is 11.0. The average Bonchev–Trinajstić information content (AvgIpc) is 2.19. The van der Waals surface area contributed by atoms with Gasteiger partial charge in [0.15, 0.2) is 6.10 Å². The van der Waals surface area contributed by atoms with Crippen LogP contribution in [0.3, 0.4) is 0 Å². The van der Waals surface area contributed by atoms with E-state index in [0.29, 0.717) is 6.61 Å². The van der Waals surface area contributed by atoms with Crippen molar-refractivity contribution in [2.45, 2.75) is 26.9 Å². The van der Waals surface area contributed by atoms with Gasteiger partial charge < -0.3 is 9.84 Å². The zero-order chi connectivity index (χ0) is 11.4. The highest BCUT2D eigenvalue weighted by atomic mass is 16.5. The van der Waals surface area contributed by atoms with Crippen molar-refractivity contribution in [3.05, 3.63) is 34.9 Å². The van der Waals surface area contributed by atoms with E-state index in [2.05, 4.69) is 0 Å². The second-order valence-corrected chi connectivity index (χ2v) is 3.46. The van der Waals surface area contributed by atoms with E-state index < -0.39 is 12.1 Å². The molecule has 0 aromatic heterocycles. The zero-order valence-electron chi connectivity index (χ0n) is 9.28. The highest BCUT2D eigenvalue weighted by Crippen LogP contribution is 2.23. The van der Waals surface area contributed by atoms with Crippen molar-refractivity contribution in [1.82, 2.24) is 0 Å². The lowest BCUT2D eigenvalue weighted by molar-refractivity contribution is -0.150. The van der Waals surface area contributed by atoms with Gasteiger partial charge in [-0.15, -0.1) is 0 Å². The van der Waals surface area contributed by atoms with E-state index >= 15 is 0 Å². The third-order valence-corrected chi connectivity index (χ3v) is 2.49. The molecule has 0 fully saturated rings. The van der Waals surface area contributed by atoms with E-state index in [-0.39, 0.29) is 0 Å². The lowest BCUT2D eigenvalue weighted by Gasteiger charge is -2.16. The highest BCUT2D eigenvalue weighted by Gasteiger charge is 2.21. The van der Waals surface area contributed by atoms with Gasteiger partial charge in [-0.05, 0) is 37.5 Å². The number of aryl methyl sites for hydroxylation is 1. The third-order valence-electron chi connectivity index (χ3n) is 2.49. The van der Waals surface area contributed by atoms with Crippen molar-refractivity contribution in [3.8, 4) is 0 Å². The van der Waals surface area contributed by atoms with Crippen molar-refractivity contribution >= 4 is 5.97 Å². The largest absolute Gasteiger partial charge is 0.479 e. The zero-order valence-corrected chi connectivity index (χ0v) is 9.28. The SMILES string of the molecule is CCOC(C(=O)O)c1cccc(C)c1C. The van der Waals surface area contributed by atoms with Gasteiger partial charge in [-0.25, -0.2) is 4.79 Å². The Bertz CT molecular complexity index is 358. The summed E-state index contributed by atoms with van der Waals surface area (Å²) in [5, 5.41) is 9.05. The van der Waals surface area contributed by atoms with E-state index in [1.807, 2.05) is 26.0 Å². The van der Waals surface area contributed by atoms with Crippen molar-refractivity contribution in [1.29, 1.82) is 0 Å². The fourth-order valence-corrected chi connectivity index (χ4v) is 1.52. The molecule has 0 saturated carbocycles. The maximum atomic E-state index is 11.0. The molecular formula is C12H16O3. The summed E-state index contributed by atoms with van der Waals surface area (Å²) in [7, 11) is 0. The molecule has 0 aliphatic heterocycles. The molecule has 0 aliphatic carbocycles. The smallest absolute Gasteiger partial charge is 0.337 e. The molecule has 15 heavy (non-hydrogen) atoms. The predicted molar refractivity (Wildman–Crippen MR) is 57.9 cm³/mol. The molecule has 82 valence electrons. The van der Waals surface area contributed by atoms with Crippen LogP contribution in [0.25, 0.3) is 0 Å². The predicted octanol–water partition coefficient (Wildman–Crippen LogP) is 2.47. The molecule has 1 aromatic carbocycles. The van der Waals surface area contributed by atoms with Gasteiger partial charge in [0.2, 0.25) is 0 Å². The standard InChI is InChI=1S/C12H16O3/c1-4-15-11(12(13)14)10-7-5-6-8(2)9(10)3/h5-7,11H,4H2,1-3H3,(H,13,14). The summed E-state index contributed by atoms with van der Waals surface area (Å²) in [5.74, 6) is -0.939. The van der Waals surface area contributed by atoms with Gasteiger partial charge in [0.25, 0.3) is 0 Å².